The molecule has 9 aromatic carbocycles. The number of benzene rings is 9. The quantitative estimate of drug-likeness (QED) is 0.160. The standard InChI is InChI=1S/C55H35N3/c1-3-16-36(17-4-1)38-20-15-25-43(34-38)55-57-50(37-18-5-2-6-19-37)35-51(58-55)41-23-13-21-39(32-41)40-22-14-24-42(33-40)54-53-47-29-10-8-27-45(47)44-26-7-9-28-46(44)52(53)48-30-11-12-31-49(48)56-54/h1-35H. The molecule has 11 aromatic rings. The van der Waals surface area contributed by atoms with Crippen molar-refractivity contribution in [2.24, 2.45) is 0 Å². The van der Waals surface area contributed by atoms with Crippen molar-refractivity contribution < 1.29 is 0 Å². The molecule has 0 spiro atoms. The van der Waals surface area contributed by atoms with Gasteiger partial charge < -0.3 is 0 Å². The highest BCUT2D eigenvalue weighted by atomic mass is 14.9. The highest BCUT2D eigenvalue weighted by molar-refractivity contribution is 6.33. The summed E-state index contributed by atoms with van der Waals surface area (Å²) in [6, 6.07) is 75.0. The first kappa shape index (κ1) is 33.6. The van der Waals surface area contributed by atoms with Crippen molar-refractivity contribution in [2.45, 2.75) is 0 Å². The number of aromatic nitrogens is 3. The Labute approximate surface area is 336 Å². The molecule has 3 nitrogen and oxygen atoms in total. The van der Waals surface area contributed by atoms with Gasteiger partial charge in [-0.05, 0) is 74.1 Å². The average Bonchev–Trinajstić information content (AvgIpc) is 3.31. The highest BCUT2D eigenvalue weighted by Gasteiger charge is 2.18. The fourth-order valence-corrected chi connectivity index (χ4v) is 8.49. The Balaban J connectivity index is 1.06. The summed E-state index contributed by atoms with van der Waals surface area (Å²) in [6.45, 7) is 0. The zero-order chi connectivity index (χ0) is 38.4. The number of nitrogens with zero attached hydrogens (tertiary/aromatic N) is 3. The molecular formula is C55H35N3. The van der Waals surface area contributed by atoms with Crippen molar-refractivity contribution in [1.82, 2.24) is 15.0 Å². The van der Waals surface area contributed by atoms with Gasteiger partial charge in [0.25, 0.3) is 0 Å². The summed E-state index contributed by atoms with van der Waals surface area (Å²) in [5, 5.41) is 8.52. The minimum atomic E-state index is 0.690. The molecule has 0 N–H and O–H groups in total. The molecule has 2 aromatic heterocycles. The molecule has 0 amide bonds. The lowest BCUT2D eigenvalue weighted by Crippen LogP contribution is -1.96. The maximum Gasteiger partial charge on any atom is 0.160 e. The van der Waals surface area contributed by atoms with Crippen LogP contribution < -0.4 is 0 Å². The molecule has 0 saturated carbocycles. The van der Waals surface area contributed by atoms with Crippen molar-refractivity contribution in [3.05, 3.63) is 212 Å². The predicted molar refractivity (Wildman–Crippen MR) is 242 cm³/mol. The monoisotopic (exact) mass is 737 g/mol. The summed E-state index contributed by atoms with van der Waals surface area (Å²) < 4.78 is 0. The van der Waals surface area contributed by atoms with E-state index >= 15 is 0 Å². The SMILES string of the molecule is c1ccc(-c2cccc(-c3nc(-c4ccccc4)cc(-c4cccc(-c5cccc(-c6nc7ccccc7c7c8ccccc8c8ccccc8c67)c5)c4)n3)c2)cc1. The van der Waals surface area contributed by atoms with E-state index in [4.69, 9.17) is 15.0 Å². The maximum absolute atomic E-state index is 5.42. The van der Waals surface area contributed by atoms with E-state index in [1.165, 1.54) is 32.3 Å². The van der Waals surface area contributed by atoms with Gasteiger partial charge in [-0.25, -0.2) is 15.0 Å². The Morgan fingerprint density at radius 2 is 0.672 bits per heavy atom. The fraction of sp³-hybridized carbons (Fsp3) is 0. The maximum atomic E-state index is 5.42. The largest absolute Gasteiger partial charge is 0.247 e. The zero-order valence-electron chi connectivity index (χ0n) is 31.5. The van der Waals surface area contributed by atoms with Gasteiger partial charge in [0.2, 0.25) is 0 Å². The van der Waals surface area contributed by atoms with Crippen molar-refractivity contribution in [3.63, 3.8) is 0 Å². The van der Waals surface area contributed by atoms with Crippen molar-refractivity contribution >= 4 is 43.2 Å². The van der Waals surface area contributed by atoms with Gasteiger partial charge in [0.05, 0.1) is 22.6 Å². The van der Waals surface area contributed by atoms with Gasteiger partial charge in [0.15, 0.2) is 5.82 Å². The van der Waals surface area contributed by atoms with Crippen LogP contribution in [0.4, 0.5) is 0 Å². The molecule has 0 unspecified atom stereocenters. The van der Waals surface area contributed by atoms with Crippen LogP contribution in [0.5, 0.6) is 0 Å². The van der Waals surface area contributed by atoms with E-state index < -0.39 is 0 Å². The summed E-state index contributed by atoms with van der Waals surface area (Å²) in [7, 11) is 0. The smallest absolute Gasteiger partial charge is 0.160 e. The summed E-state index contributed by atoms with van der Waals surface area (Å²) in [4.78, 5) is 15.8. The van der Waals surface area contributed by atoms with E-state index in [1.807, 2.05) is 12.1 Å². The van der Waals surface area contributed by atoms with E-state index in [1.54, 1.807) is 0 Å². The number of hydrogen-bond acceptors (Lipinski definition) is 3. The van der Waals surface area contributed by atoms with E-state index in [0.29, 0.717) is 5.82 Å². The Hall–Kier alpha value is -7.75. The molecule has 0 aliphatic carbocycles. The van der Waals surface area contributed by atoms with E-state index in [9.17, 15) is 0 Å². The molecule has 0 aliphatic rings. The van der Waals surface area contributed by atoms with Crippen LogP contribution in [0, 0.1) is 0 Å². The number of fused-ring (bicyclic) bond motifs is 8. The molecule has 11 rings (SSSR count). The Kier molecular flexibility index (Phi) is 8.15. The second-order valence-corrected chi connectivity index (χ2v) is 14.8. The molecule has 0 fully saturated rings. The Morgan fingerprint density at radius 3 is 1.34 bits per heavy atom. The van der Waals surface area contributed by atoms with Gasteiger partial charge in [-0.1, -0.05) is 182 Å². The van der Waals surface area contributed by atoms with Crippen molar-refractivity contribution in [3.8, 4) is 67.4 Å². The molecule has 0 saturated heterocycles. The third kappa shape index (κ3) is 5.89. The summed E-state index contributed by atoms with van der Waals surface area (Å²) in [6.07, 6.45) is 0. The van der Waals surface area contributed by atoms with E-state index in [0.717, 1.165) is 72.5 Å². The predicted octanol–water partition coefficient (Wildman–Crippen LogP) is 14.5. The topological polar surface area (TPSA) is 38.7 Å². The Morgan fingerprint density at radius 1 is 0.241 bits per heavy atom. The van der Waals surface area contributed by atoms with Crippen LogP contribution in [0.25, 0.3) is 111 Å². The number of hydrogen-bond donors (Lipinski definition) is 0. The molecule has 0 radical (unpaired) electrons. The third-order valence-corrected chi connectivity index (χ3v) is 11.2. The van der Waals surface area contributed by atoms with Gasteiger partial charge >= 0.3 is 0 Å². The Bertz CT molecular complexity index is 3340. The molecular weight excluding hydrogens is 703 g/mol. The molecule has 2 heterocycles. The summed E-state index contributed by atoms with van der Waals surface area (Å²) >= 11 is 0. The van der Waals surface area contributed by atoms with Gasteiger partial charge in [-0.3, -0.25) is 0 Å². The van der Waals surface area contributed by atoms with Crippen LogP contribution in [0.1, 0.15) is 0 Å². The van der Waals surface area contributed by atoms with Crippen LogP contribution in [0.3, 0.4) is 0 Å². The van der Waals surface area contributed by atoms with Gasteiger partial charge in [-0.2, -0.15) is 0 Å². The van der Waals surface area contributed by atoms with Crippen LogP contribution in [0.15, 0.2) is 212 Å². The second-order valence-electron chi connectivity index (χ2n) is 14.8. The first-order valence-corrected chi connectivity index (χ1v) is 19.7. The van der Waals surface area contributed by atoms with Crippen LogP contribution in [-0.2, 0) is 0 Å². The molecule has 270 valence electrons. The number of rotatable bonds is 6. The van der Waals surface area contributed by atoms with Crippen LogP contribution in [0.2, 0.25) is 0 Å². The number of pyridine rings is 1. The molecule has 3 heteroatoms. The molecule has 58 heavy (non-hydrogen) atoms. The van der Waals surface area contributed by atoms with E-state index in [-0.39, 0.29) is 0 Å². The molecule has 0 aliphatic heterocycles. The average molecular weight is 738 g/mol. The minimum Gasteiger partial charge on any atom is -0.247 e. The summed E-state index contributed by atoms with van der Waals surface area (Å²) in [5.41, 5.74) is 12.3. The molecule has 0 bridgehead atoms. The van der Waals surface area contributed by atoms with Crippen molar-refractivity contribution in [2.75, 3.05) is 0 Å². The summed E-state index contributed by atoms with van der Waals surface area (Å²) in [5.74, 6) is 0.690. The van der Waals surface area contributed by atoms with Gasteiger partial charge in [0, 0.05) is 38.4 Å². The first-order chi connectivity index (χ1) is 28.7. The first-order valence-electron chi connectivity index (χ1n) is 19.7. The lowest BCUT2D eigenvalue weighted by molar-refractivity contribution is 1.18. The molecule has 0 atom stereocenters. The minimum absolute atomic E-state index is 0.690. The fourth-order valence-electron chi connectivity index (χ4n) is 8.49. The number of para-hydroxylation sites is 1. The lowest BCUT2D eigenvalue weighted by Gasteiger charge is -2.16. The zero-order valence-corrected chi connectivity index (χ0v) is 31.5. The van der Waals surface area contributed by atoms with Gasteiger partial charge in [0.1, 0.15) is 0 Å². The van der Waals surface area contributed by atoms with Crippen molar-refractivity contribution in [1.29, 1.82) is 0 Å². The van der Waals surface area contributed by atoms with Crippen LogP contribution >= 0.6 is 0 Å². The van der Waals surface area contributed by atoms with Crippen LogP contribution in [-0.4, -0.2) is 15.0 Å². The highest BCUT2D eigenvalue weighted by Crippen LogP contribution is 2.43. The lowest BCUT2D eigenvalue weighted by atomic mass is 9.89. The second kappa shape index (κ2) is 14.1. The third-order valence-electron chi connectivity index (χ3n) is 11.2. The van der Waals surface area contributed by atoms with E-state index in [2.05, 4.69) is 200 Å². The van der Waals surface area contributed by atoms with Gasteiger partial charge in [-0.15, -0.1) is 0 Å². The normalized spacial score (nSPS) is 11.4.